The van der Waals surface area contributed by atoms with Gasteiger partial charge >= 0.3 is 0 Å². The quantitative estimate of drug-likeness (QED) is 0.568. The van der Waals surface area contributed by atoms with Crippen molar-refractivity contribution >= 4 is 10.9 Å². The van der Waals surface area contributed by atoms with Crippen LogP contribution in [0.4, 0.5) is 0 Å². The lowest BCUT2D eigenvalue weighted by Gasteiger charge is -2.18. The first-order valence-electron chi connectivity index (χ1n) is 6.65. The summed E-state index contributed by atoms with van der Waals surface area (Å²) in [7, 11) is 0. The SMILES string of the molecule is CC(C)(C)c1ccccc1.c1ccc2[nH]ccc2c1. The summed E-state index contributed by atoms with van der Waals surface area (Å²) in [6.07, 6.45) is 1.95. The number of nitrogens with one attached hydrogen (secondary N) is 1. The predicted molar refractivity (Wildman–Crippen MR) is 83.4 cm³/mol. The second-order valence-corrected chi connectivity index (χ2v) is 5.68. The van der Waals surface area contributed by atoms with Crippen LogP contribution in [0, 0.1) is 0 Å². The largest absolute Gasteiger partial charge is 0.361 e. The molecule has 1 N–H and O–H groups in total. The average Bonchev–Trinajstić information content (AvgIpc) is 2.88. The summed E-state index contributed by atoms with van der Waals surface area (Å²) >= 11 is 0. The van der Waals surface area contributed by atoms with Crippen LogP contribution in [0.3, 0.4) is 0 Å². The fraction of sp³-hybridized carbons (Fsp3) is 0.222. The van der Waals surface area contributed by atoms with Gasteiger partial charge in [-0.3, -0.25) is 0 Å². The van der Waals surface area contributed by atoms with Crippen molar-refractivity contribution in [2.24, 2.45) is 0 Å². The standard InChI is InChI=1S/C10H14.C8H7N/c1-10(2,3)9-7-5-4-6-8-9;1-2-4-8-7(3-1)5-6-9-8/h4-8H,1-3H3;1-6,9H. The van der Waals surface area contributed by atoms with Crippen LogP contribution in [0.15, 0.2) is 66.9 Å². The van der Waals surface area contributed by atoms with Crippen molar-refractivity contribution in [1.29, 1.82) is 0 Å². The van der Waals surface area contributed by atoms with E-state index in [4.69, 9.17) is 0 Å². The van der Waals surface area contributed by atoms with Crippen LogP contribution in [0.1, 0.15) is 26.3 Å². The molecule has 3 rings (SSSR count). The van der Waals surface area contributed by atoms with E-state index in [1.807, 2.05) is 18.3 Å². The lowest BCUT2D eigenvalue weighted by molar-refractivity contribution is 0.590. The van der Waals surface area contributed by atoms with E-state index < -0.39 is 0 Å². The number of hydrogen-bond donors (Lipinski definition) is 1. The molecule has 19 heavy (non-hydrogen) atoms. The number of H-pyrrole nitrogens is 1. The minimum atomic E-state index is 0.293. The van der Waals surface area contributed by atoms with Gasteiger partial charge in [0.25, 0.3) is 0 Å². The average molecular weight is 251 g/mol. The topological polar surface area (TPSA) is 15.8 Å². The van der Waals surface area contributed by atoms with Crippen molar-refractivity contribution in [1.82, 2.24) is 4.98 Å². The summed E-state index contributed by atoms with van der Waals surface area (Å²) in [5, 5.41) is 1.28. The lowest BCUT2D eigenvalue weighted by atomic mass is 9.87. The van der Waals surface area contributed by atoms with Crippen molar-refractivity contribution in [3.05, 3.63) is 72.4 Å². The number of fused-ring (bicyclic) bond motifs is 1. The van der Waals surface area contributed by atoms with E-state index in [1.54, 1.807) is 0 Å². The molecule has 0 radical (unpaired) electrons. The summed E-state index contributed by atoms with van der Waals surface area (Å²) in [5.41, 5.74) is 2.90. The molecule has 2 aromatic carbocycles. The molecule has 0 aliphatic rings. The molecule has 0 amide bonds. The lowest BCUT2D eigenvalue weighted by Crippen LogP contribution is -2.10. The fourth-order valence-electron chi connectivity index (χ4n) is 1.93. The Bertz CT molecular complexity index is 584. The molecule has 1 heteroatoms. The highest BCUT2D eigenvalue weighted by molar-refractivity contribution is 5.78. The van der Waals surface area contributed by atoms with E-state index in [2.05, 4.69) is 74.3 Å². The maximum Gasteiger partial charge on any atom is 0.0453 e. The summed E-state index contributed by atoms with van der Waals surface area (Å²) in [6.45, 7) is 6.67. The van der Waals surface area contributed by atoms with Crippen LogP contribution in [0.25, 0.3) is 10.9 Å². The van der Waals surface area contributed by atoms with Gasteiger partial charge in [-0.1, -0.05) is 69.3 Å². The van der Waals surface area contributed by atoms with Gasteiger partial charge in [-0.05, 0) is 28.5 Å². The number of rotatable bonds is 0. The van der Waals surface area contributed by atoms with Crippen molar-refractivity contribution < 1.29 is 0 Å². The van der Waals surface area contributed by atoms with Gasteiger partial charge < -0.3 is 4.98 Å². The Morgan fingerprint density at radius 2 is 1.37 bits per heavy atom. The minimum absolute atomic E-state index is 0.293. The van der Waals surface area contributed by atoms with Gasteiger partial charge in [-0.25, -0.2) is 0 Å². The summed E-state index contributed by atoms with van der Waals surface area (Å²) in [5.74, 6) is 0. The predicted octanol–water partition coefficient (Wildman–Crippen LogP) is 5.15. The van der Waals surface area contributed by atoms with Gasteiger partial charge in [0.05, 0.1) is 0 Å². The highest BCUT2D eigenvalue weighted by Gasteiger charge is 2.11. The van der Waals surface area contributed by atoms with Crippen molar-refractivity contribution in [2.75, 3.05) is 0 Å². The van der Waals surface area contributed by atoms with Crippen LogP contribution in [-0.4, -0.2) is 4.98 Å². The first-order chi connectivity index (χ1) is 9.07. The summed E-state index contributed by atoms with van der Waals surface area (Å²) in [6, 6.07) is 20.8. The van der Waals surface area contributed by atoms with Gasteiger partial charge in [0.15, 0.2) is 0 Å². The zero-order valence-corrected chi connectivity index (χ0v) is 11.9. The normalized spacial score (nSPS) is 10.9. The van der Waals surface area contributed by atoms with Gasteiger partial charge in [0.1, 0.15) is 0 Å². The van der Waals surface area contributed by atoms with Gasteiger partial charge in [-0.2, -0.15) is 0 Å². The fourth-order valence-corrected chi connectivity index (χ4v) is 1.93. The Hall–Kier alpha value is -2.02. The molecule has 0 bridgehead atoms. The third-order valence-electron chi connectivity index (χ3n) is 3.10. The number of benzene rings is 2. The molecule has 0 fully saturated rings. The van der Waals surface area contributed by atoms with Gasteiger partial charge in [0, 0.05) is 11.7 Å². The second kappa shape index (κ2) is 5.75. The third kappa shape index (κ3) is 3.72. The molecule has 0 unspecified atom stereocenters. The number of aromatic nitrogens is 1. The van der Waals surface area contributed by atoms with Crippen LogP contribution in [-0.2, 0) is 5.41 Å². The molecule has 1 heterocycles. The molecule has 0 aliphatic carbocycles. The number of hydrogen-bond acceptors (Lipinski definition) is 0. The highest BCUT2D eigenvalue weighted by Crippen LogP contribution is 2.20. The summed E-state index contributed by atoms with van der Waals surface area (Å²) in [4.78, 5) is 3.12. The van der Waals surface area contributed by atoms with Gasteiger partial charge in [0.2, 0.25) is 0 Å². The molecule has 98 valence electrons. The van der Waals surface area contributed by atoms with E-state index in [0.717, 1.165) is 0 Å². The van der Waals surface area contributed by atoms with Crippen LogP contribution in [0.5, 0.6) is 0 Å². The molecule has 0 spiro atoms. The molecule has 0 aliphatic heterocycles. The molecule has 0 saturated heterocycles. The van der Waals surface area contributed by atoms with Crippen LogP contribution in [0.2, 0.25) is 0 Å². The van der Waals surface area contributed by atoms with E-state index >= 15 is 0 Å². The number of aromatic amines is 1. The van der Waals surface area contributed by atoms with Crippen molar-refractivity contribution in [3.63, 3.8) is 0 Å². The maximum absolute atomic E-state index is 3.12. The first kappa shape index (κ1) is 13.4. The Labute approximate surface area is 115 Å². The zero-order chi connectivity index (χ0) is 13.7. The van der Waals surface area contributed by atoms with Crippen molar-refractivity contribution in [2.45, 2.75) is 26.2 Å². The molecule has 1 aromatic heterocycles. The molecular formula is C18H21N. The molecular weight excluding hydrogens is 230 g/mol. The Morgan fingerprint density at radius 3 is 1.95 bits per heavy atom. The van der Waals surface area contributed by atoms with E-state index in [1.165, 1.54) is 16.5 Å². The van der Waals surface area contributed by atoms with E-state index in [-0.39, 0.29) is 0 Å². The monoisotopic (exact) mass is 251 g/mol. The van der Waals surface area contributed by atoms with Crippen molar-refractivity contribution in [3.8, 4) is 0 Å². The van der Waals surface area contributed by atoms with E-state index in [0.29, 0.717) is 5.41 Å². The van der Waals surface area contributed by atoms with Crippen LogP contribution >= 0.6 is 0 Å². The van der Waals surface area contributed by atoms with Crippen LogP contribution < -0.4 is 0 Å². The van der Waals surface area contributed by atoms with Gasteiger partial charge in [-0.15, -0.1) is 0 Å². The smallest absolute Gasteiger partial charge is 0.0453 e. The number of para-hydroxylation sites is 1. The molecule has 0 saturated carbocycles. The molecule has 3 aromatic rings. The summed E-state index contributed by atoms with van der Waals surface area (Å²) < 4.78 is 0. The Morgan fingerprint density at radius 1 is 0.737 bits per heavy atom. The molecule has 0 atom stereocenters. The highest BCUT2D eigenvalue weighted by atomic mass is 14.7. The first-order valence-corrected chi connectivity index (χ1v) is 6.65. The minimum Gasteiger partial charge on any atom is -0.361 e. The van der Waals surface area contributed by atoms with E-state index in [9.17, 15) is 0 Å². The zero-order valence-electron chi connectivity index (χ0n) is 11.9. The molecule has 1 nitrogen and oxygen atoms in total. The Kier molecular flexibility index (Phi) is 4.06. The second-order valence-electron chi connectivity index (χ2n) is 5.68. The Balaban J connectivity index is 0.000000141. The maximum atomic E-state index is 3.12. The third-order valence-corrected chi connectivity index (χ3v) is 3.10.